The highest BCUT2D eigenvalue weighted by molar-refractivity contribution is 6.02. The zero-order chi connectivity index (χ0) is 41.1. The number of hydrogen-bond donors (Lipinski definition) is 3. The Morgan fingerprint density at radius 2 is 0.934 bits per heavy atom. The summed E-state index contributed by atoms with van der Waals surface area (Å²) in [5, 5.41) is 3.64. The van der Waals surface area contributed by atoms with Gasteiger partial charge in [0.2, 0.25) is 0 Å². The van der Waals surface area contributed by atoms with Gasteiger partial charge in [0, 0.05) is 56.6 Å². The number of carbonyl (C=O) groups is 1. The zero-order valence-corrected chi connectivity index (χ0v) is 33.5. The summed E-state index contributed by atoms with van der Waals surface area (Å²) in [5.41, 5.74) is 17.7. The molecule has 8 aromatic rings. The minimum Gasteiger partial charge on any atom is -0.462 e. The molecule has 0 saturated carbocycles. The Morgan fingerprint density at radius 1 is 0.508 bits per heavy atom. The molecule has 0 atom stereocenters. The van der Waals surface area contributed by atoms with Crippen LogP contribution in [0.25, 0.3) is 90.4 Å². The normalized spacial score (nSPS) is 11.9. The van der Waals surface area contributed by atoms with Crippen molar-refractivity contribution in [3.63, 3.8) is 0 Å². The summed E-state index contributed by atoms with van der Waals surface area (Å²) < 4.78 is 5.23. The van der Waals surface area contributed by atoms with E-state index in [-0.39, 0.29) is 5.97 Å². The van der Waals surface area contributed by atoms with Crippen molar-refractivity contribution >= 4 is 57.5 Å². The maximum atomic E-state index is 12.4. The number of fused-ring (bicyclic) bond motifs is 8. The van der Waals surface area contributed by atoms with Gasteiger partial charge in [-0.15, -0.1) is 0 Å². The maximum absolute atomic E-state index is 12.4. The third-order valence-corrected chi connectivity index (χ3v) is 11.1. The molecule has 2 aliphatic heterocycles. The molecule has 0 spiro atoms. The lowest BCUT2D eigenvalue weighted by molar-refractivity contribution is 0.0526. The molecule has 0 fully saturated rings. The molecule has 294 valence electrons. The van der Waals surface area contributed by atoms with E-state index in [4.69, 9.17) is 14.7 Å². The van der Waals surface area contributed by atoms with E-state index in [2.05, 4.69) is 155 Å². The molecule has 7 nitrogen and oxygen atoms in total. The third kappa shape index (κ3) is 7.34. The van der Waals surface area contributed by atoms with Crippen molar-refractivity contribution in [3.8, 4) is 44.5 Å². The molecule has 5 aromatic carbocycles. The number of aromatic amines is 2. The Kier molecular flexibility index (Phi) is 9.96. The van der Waals surface area contributed by atoms with Gasteiger partial charge < -0.3 is 20.0 Å². The molecule has 0 aliphatic carbocycles. The number of anilines is 1. The first kappa shape index (κ1) is 37.3. The molecule has 0 radical (unpaired) electrons. The highest BCUT2D eigenvalue weighted by Crippen LogP contribution is 2.40. The van der Waals surface area contributed by atoms with Gasteiger partial charge in [-0.3, -0.25) is 0 Å². The minimum absolute atomic E-state index is 0.325. The smallest absolute Gasteiger partial charge is 0.338 e. The standard InChI is InChI=1S/C54H41N5O2/c1-2-61-54(60)39-23-25-41(26-24-39)55-34-40-33-48-51(37-19-11-5-12-20-37)46-30-29-44(57-46)49(35-15-7-3-8-16-35)42-27-28-43(56-42)50(36-17-9-4-10-18-36)45-31-32-47(58-45)52(53(40)59-48)38-21-13-6-14-22-38/h3-33,55,57-58H,2,34H2,1H3. The van der Waals surface area contributed by atoms with Crippen LogP contribution in [0.2, 0.25) is 0 Å². The number of ether oxygens (including phenoxy) is 1. The Hall–Kier alpha value is -8.03. The third-order valence-electron chi connectivity index (χ3n) is 11.1. The number of nitrogens with zero attached hydrogens (tertiary/aromatic N) is 2. The number of esters is 1. The van der Waals surface area contributed by atoms with Crippen LogP contribution in [0, 0.1) is 0 Å². The summed E-state index contributed by atoms with van der Waals surface area (Å²) in [7, 11) is 0. The molecule has 8 bridgehead atoms. The highest BCUT2D eigenvalue weighted by Gasteiger charge is 2.22. The maximum Gasteiger partial charge on any atom is 0.338 e. The van der Waals surface area contributed by atoms with E-state index in [0.29, 0.717) is 18.7 Å². The molecule has 3 N–H and O–H groups in total. The number of aromatic nitrogens is 4. The number of hydrogen-bond acceptors (Lipinski definition) is 5. The van der Waals surface area contributed by atoms with Crippen LogP contribution in [-0.4, -0.2) is 39.1 Å². The van der Waals surface area contributed by atoms with Crippen LogP contribution in [0.15, 0.2) is 170 Å². The van der Waals surface area contributed by atoms with Crippen LogP contribution < -0.4 is 5.32 Å². The van der Waals surface area contributed by atoms with E-state index >= 15 is 0 Å². The van der Waals surface area contributed by atoms with Crippen molar-refractivity contribution in [2.24, 2.45) is 0 Å². The quantitative estimate of drug-likeness (QED) is 0.127. The van der Waals surface area contributed by atoms with E-state index in [9.17, 15) is 4.79 Å². The van der Waals surface area contributed by atoms with E-state index in [0.717, 1.165) is 101 Å². The summed E-state index contributed by atoms with van der Waals surface area (Å²) in [6.45, 7) is 2.60. The molecule has 0 unspecified atom stereocenters. The van der Waals surface area contributed by atoms with E-state index in [1.807, 2.05) is 43.3 Å². The van der Waals surface area contributed by atoms with Crippen molar-refractivity contribution in [2.45, 2.75) is 6.92 Å². The number of rotatable bonds is 9. The predicted octanol–water partition coefficient (Wildman–Crippen LogP) is 13.0. The van der Waals surface area contributed by atoms with Crippen LogP contribution in [-0.2, 0) is 4.74 Å². The van der Waals surface area contributed by atoms with Crippen molar-refractivity contribution in [1.82, 2.24) is 19.9 Å². The van der Waals surface area contributed by atoms with Gasteiger partial charge in [-0.05, 0) is 102 Å². The van der Waals surface area contributed by atoms with Crippen molar-refractivity contribution in [1.29, 1.82) is 0 Å². The van der Waals surface area contributed by atoms with Gasteiger partial charge in [0.25, 0.3) is 0 Å². The van der Waals surface area contributed by atoms with Crippen LogP contribution in [0.3, 0.4) is 0 Å². The fraction of sp³-hybridized carbons (Fsp3) is 0.0556. The molecule has 61 heavy (non-hydrogen) atoms. The average molecular weight is 792 g/mol. The summed E-state index contributed by atoms with van der Waals surface area (Å²) in [6.07, 6.45) is 6.46. The SMILES string of the molecule is CCOC(=O)c1ccc(NCC2=Cc3nc2c(-c2ccccc2)c2ccc([nH]2)c(-c2ccccc2)c2nc(c(-c4ccccc4)c4ccc([nH]4)c3-c3ccccc3)C=C2)cc1. The second-order valence-electron chi connectivity index (χ2n) is 14.9. The summed E-state index contributed by atoms with van der Waals surface area (Å²) in [5.74, 6) is -0.337. The zero-order valence-electron chi connectivity index (χ0n) is 33.5. The number of nitrogens with one attached hydrogen (secondary N) is 3. The Bertz CT molecular complexity index is 3130. The molecule has 7 heteroatoms. The van der Waals surface area contributed by atoms with Gasteiger partial charge in [0.05, 0.1) is 34.9 Å². The molecule has 5 heterocycles. The number of H-pyrrole nitrogens is 2. The highest BCUT2D eigenvalue weighted by atomic mass is 16.5. The molecule has 2 aliphatic rings. The number of carbonyl (C=O) groups excluding carboxylic acids is 1. The van der Waals surface area contributed by atoms with Crippen LogP contribution in [0.5, 0.6) is 0 Å². The molecule has 10 rings (SSSR count). The topological polar surface area (TPSA) is 95.7 Å². The Morgan fingerprint density at radius 3 is 1.39 bits per heavy atom. The van der Waals surface area contributed by atoms with Gasteiger partial charge in [-0.2, -0.15) is 0 Å². The van der Waals surface area contributed by atoms with Gasteiger partial charge >= 0.3 is 5.97 Å². The fourth-order valence-corrected chi connectivity index (χ4v) is 8.25. The van der Waals surface area contributed by atoms with E-state index in [1.165, 1.54) is 0 Å². The van der Waals surface area contributed by atoms with Crippen molar-refractivity contribution in [2.75, 3.05) is 18.5 Å². The van der Waals surface area contributed by atoms with E-state index in [1.54, 1.807) is 12.1 Å². The molecular weight excluding hydrogens is 751 g/mol. The van der Waals surface area contributed by atoms with Crippen LogP contribution in [0.1, 0.15) is 40.1 Å². The molecule has 0 saturated heterocycles. The van der Waals surface area contributed by atoms with E-state index < -0.39 is 0 Å². The summed E-state index contributed by atoms with van der Waals surface area (Å²) in [4.78, 5) is 31.2. The van der Waals surface area contributed by atoms with Crippen molar-refractivity contribution in [3.05, 3.63) is 198 Å². The Labute approximate surface area is 353 Å². The largest absolute Gasteiger partial charge is 0.462 e. The molecule has 3 aromatic heterocycles. The number of benzene rings is 5. The van der Waals surface area contributed by atoms with Gasteiger partial charge in [-0.1, -0.05) is 121 Å². The lowest BCUT2D eigenvalue weighted by atomic mass is 9.99. The minimum atomic E-state index is -0.337. The first-order valence-corrected chi connectivity index (χ1v) is 20.5. The van der Waals surface area contributed by atoms with Gasteiger partial charge in [-0.25, -0.2) is 14.8 Å². The fourth-order valence-electron chi connectivity index (χ4n) is 8.25. The Balaban J connectivity index is 1.30. The lowest BCUT2D eigenvalue weighted by Gasteiger charge is -2.11. The second-order valence-corrected chi connectivity index (χ2v) is 14.9. The first-order chi connectivity index (χ1) is 30.1. The predicted molar refractivity (Wildman–Crippen MR) is 250 cm³/mol. The van der Waals surface area contributed by atoms with Gasteiger partial charge in [0.15, 0.2) is 0 Å². The monoisotopic (exact) mass is 791 g/mol. The molecular formula is C54H41N5O2. The molecule has 0 amide bonds. The average Bonchev–Trinajstić information content (AvgIpc) is 4.15. The van der Waals surface area contributed by atoms with Crippen molar-refractivity contribution < 1.29 is 9.53 Å². The lowest BCUT2D eigenvalue weighted by Crippen LogP contribution is -2.06. The first-order valence-electron chi connectivity index (χ1n) is 20.5. The van der Waals surface area contributed by atoms with Crippen LogP contribution >= 0.6 is 0 Å². The van der Waals surface area contributed by atoms with Gasteiger partial charge in [0.1, 0.15) is 0 Å². The summed E-state index contributed by atoms with van der Waals surface area (Å²) >= 11 is 0. The summed E-state index contributed by atoms with van der Waals surface area (Å²) in [6, 6.07) is 57.8. The van der Waals surface area contributed by atoms with Crippen LogP contribution in [0.4, 0.5) is 5.69 Å². The second kappa shape index (κ2) is 16.3.